The molecule has 1 rings (SSSR count). The van der Waals surface area contributed by atoms with Gasteiger partial charge in [-0.1, -0.05) is 12.1 Å². The summed E-state index contributed by atoms with van der Waals surface area (Å²) in [4.78, 5) is 10.7. The van der Waals surface area contributed by atoms with Crippen molar-refractivity contribution in [1.82, 2.24) is 0 Å². The number of hydrogen-bond donors (Lipinski definition) is 1. The second-order valence-electron chi connectivity index (χ2n) is 3.27. The number of hydrogen-bond acceptors (Lipinski definition) is 1. The van der Waals surface area contributed by atoms with Gasteiger partial charge < -0.3 is 5.32 Å². The van der Waals surface area contributed by atoms with Crippen LogP contribution in [0.5, 0.6) is 0 Å². The fourth-order valence-electron chi connectivity index (χ4n) is 1.06. The lowest BCUT2D eigenvalue weighted by molar-refractivity contribution is -0.167. The van der Waals surface area contributed by atoms with Gasteiger partial charge in [-0.3, -0.25) is 4.79 Å². The number of benzene rings is 1. The van der Waals surface area contributed by atoms with Crippen LogP contribution in [0.1, 0.15) is 11.1 Å². The molecule has 0 unspecified atom stereocenters. The van der Waals surface area contributed by atoms with Gasteiger partial charge in [-0.2, -0.15) is 13.2 Å². The number of anilines is 1. The van der Waals surface area contributed by atoms with Crippen molar-refractivity contribution in [2.75, 3.05) is 5.32 Å². The standard InChI is InChI=1S/C10H10F3NO/c1-6-3-4-7(2)8(5-6)14-9(15)10(11,12)13/h3-5H,1-2H3,(H,14,15). The monoisotopic (exact) mass is 217 g/mol. The van der Waals surface area contributed by atoms with Crippen LogP contribution < -0.4 is 5.32 Å². The number of nitrogens with one attached hydrogen (secondary N) is 1. The molecule has 15 heavy (non-hydrogen) atoms. The summed E-state index contributed by atoms with van der Waals surface area (Å²) in [5.41, 5.74) is 1.58. The summed E-state index contributed by atoms with van der Waals surface area (Å²) >= 11 is 0. The number of halogens is 3. The Labute approximate surface area is 85.1 Å². The van der Waals surface area contributed by atoms with Crippen molar-refractivity contribution in [2.45, 2.75) is 20.0 Å². The normalized spacial score (nSPS) is 11.3. The zero-order valence-electron chi connectivity index (χ0n) is 8.27. The molecule has 0 aromatic heterocycles. The van der Waals surface area contributed by atoms with Gasteiger partial charge >= 0.3 is 12.1 Å². The van der Waals surface area contributed by atoms with E-state index >= 15 is 0 Å². The summed E-state index contributed by atoms with van der Waals surface area (Å²) < 4.78 is 35.9. The van der Waals surface area contributed by atoms with E-state index in [9.17, 15) is 18.0 Å². The Balaban J connectivity index is 2.90. The molecule has 0 fully saturated rings. The smallest absolute Gasteiger partial charge is 0.318 e. The summed E-state index contributed by atoms with van der Waals surface area (Å²) in [5, 5.41) is 1.83. The largest absolute Gasteiger partial charge is 0.471 e. The summed E-state index contributed by atoms with van der Waals surface area (Å²) in [6, 6.07) is 4.92. The fraction of sp³-hybridized carbons (Fsp3) is 0.300. The molecule has 0 saturated heterocycles. The third kappa shape index (κ3) is 2.97. The Kier molecular flexibility index (Phi) is 3.02. The first-order valence-corrected chi connectivity index (χ1v) is 4.26. The first kappa shape index (κ1) is 11.6. The van der Waals surface area contributed by atoms with Crippen molar-refractivity contribution in [3.63, 3.8) is 0 Å². The van der Waals surface area contributed by atoms with Gasteiger partial charge in [-0.25, -0.2) is 0 Å². The van der Waals surface area contributed by atoms with Crippen LogP contribution in [0.25, 0.3) is 0 Å². The number of carbonyl (C=O) groups is 1. The molecule has 0 aliphatic rings. The zero-order valence-corrected chi connectivity index (χ0v) is 8.27. The first-order valence-electron chi connectivity index (χ1n) is 4.26. The van der Waals surface area contributed by atoms with Crippen LogP contribution in [0, 0.1) is 13.8 Å². The predicted octanol–water partition coefficient (Wildman–Crippen LogP) is 2.80. The molecule has 0 atom stereocenters. The maximum absolute atomic E-state index is 12.0. The van der Waals surface area contributed by atoms with E-state index in [1.807, 2.05) is 5.32 Å². The summed E-state index contributed by atoms with van der Waals surface area (Å²) in [6.45, 7) is 3.37. The molecule has 0 bridgehead atoms. The van der Waals surface area contributed by atoms with E-state index in [0.29, 0.717) is 5.56 Å². The van der Waals surface area contributed by atoms with Crippen LogP contribution in [0.15, 0.2) is 18.2 Å². The molecule has 82 valence electrons. The van der Waals surface area contributed by atoms with Crippen molar-refractivity contribution in [1.29, 1.82) is 0 Å². The molecular weight excluding hydrogens is 207 g/mol. The highest BCUT2D eigenvalue weighted by Crippen LogP contribution is 2.21. The first-order chi connectivity index (χ1) is 6.80. The van der Waals surface area contributed by atoms with Gasteiger partial charge in [0.05, 0.1) is 0 Å². The van der Waals surface area contributed by atoms with Crippen LogP contribution in [0.2, 0.25) is 0 Å². The molecule has 0 spiro atoms. The van der Waals surface area contributed by atoms with E-state index in [1.165, 1.54) is 6.07 Å². The van der Waals surface area contributed by atoms with Crippen LogP contribution >= 0.6 is 0 Å². The number of rotatable bonds is 1. The third-order valence-electron chi connectivity index (χ3n) is 1.90. The van der Waals surface area contributed by atoms with E-state index in [4.69, 9.17) is 0 Å². The molecule has 1 N–H and O–H groups in total. The van der Waals surface area contributed by atoms with Gasteiger partial charge in [0, 0.05) is 5.69 Å². The van der Waals surface area contributed by atoms with Gasteiger partial charge in [0.25, 0.3) is 0 Å². The second-order valence-corrected chi connectivity index (χ2v) is 3.27. The van der Waals surface area contributed by atoms with E-state index in [0.717, 1.165) is 5.56 Å². The van der Waals surface area contributed by atoms with Crippen LogP contribution in [0.4, 0.5) is 18.9 Å². The number of alkyl halides is 3. The van der Waals surface area contributed by atoms with Crippen LogP contribution in [-0.4, -0.2) is 12.1 Å². The Morgan fingerprint density at radius 1 is 1.27 bits per heavy atom. The van der Waals surface area contributed by atoms with Crippen molar-refractivity contribution in [2.24, 2.45) is 0 Å². The molecular formula is C10H10F3NO. The molecule has 0 aliphatic carbocycles. The second kappa shape index (κ2) is 3.92. The van der Waals surface area contributed by atoms with Crippen molar-refractivity contribution in [3.8, 4) is 0 Å². The summed E-state index contributed by atoms with van der Waals surface area (Å²) in [5.74, 6) is -1.95. The molecule has 1 amide bonds. The van der Waals surface area contributed by atoms with E-state index in [-0.39, 0.29) is 5.69 Å². The molecule has 1 aromatic rings. The van der Waals surface area contributed by atoms with Crippen LogP contribution in [-0.2, 0) is 4.79 Å². The van der Waals surface area contributed by atoms with Crippen LogP contribution in [0.3, 0.4) is 0 Å². The molecule has 0 heterocycles. The third-order valence-corrected chi connectivity index (χ3v) is 1.90. The molecule has 0 radical (unpaired) electrons. The Hall–Kier alpha value is -1.52. The lowest BCUT2D eigenvalue weighted by Gasteiger charge is -2.10. The Bertz CT molecular complexity index is 385. The zero-order chi connectivity index (χ0) is 11.6. The van der Waals surface area contributed by atoms with Crippen molar-refractivity contribution in [3.05, 3.63) is 29.3 Å². The quantitative estimate of drug-likeness (QED) is 0.769. The van der Waals surface area contributed by atoms with Gasteiger partial charge in [0.1, 0.15) is 0 Å². The fourth-order valence-corrected chi connectivity index (χ4v) is 1.06. The lowest BCUT2D eigenvalue weighted by Crippen LogP contribution is -2.30. The number of carbonyl (C=O) groups excluding carboxylic acids is 1. The SMILES string of the molecule is Cc1ccc(C)c(NC(=O)C(F)(F)F)c1. The maximum atomic E-state index is 12.0. The van der Waals surface area contributed by atoms with Crippen molar-refractivity contribution >= 4 is 11.6 Å². The van der Waals surface area contributed by atoms with E-state index in [2.05, 4.69) is 0 Å². The molecule has 2 nitrogen and oxygen atoms in total. The average Bonchev–Trinajstić information content (AvgIpc) is 2.09. The highest BCUT2D eigenvalue weighted by Gasteiger charge is 2.38. The molecule has 5 heteroatoms. The van der Waals surface area contributed by atoms with Gasteiger partial charge in [0.2, 0.25) is 0 Å². The highest BCUT2D eigenvalue weighted by atomic mass is 19.4. The minimum Gasteiger partial charge on any atom is -0.318 e. The highest BCUT2D eigenvalue weighted by molar-refractivity contribution is 5.95. The molecule has 0 saturated carbocycles. The Morgan fingerprint density at radius 3 is 2.40 bits per heavy atom. The number of aryl methyl sites for hydroxylation is 2. The number of amides is 1. The maximum Gasteiger partial charge on any atom is 0.471 e. The van der Waals surface area contributed by atoms with Gasteiger partial charge in [0.15, 0.2) is 0 Å². The van der Waals surface area contributed by atoms with Gasteiger partial charge in [-0.05, 0) is 31.0 Å². The molecule has 0 aliphatic heterocycles. The van der Waals surface area contributed by atoms with E-state index in [1.54, 1.807) is 26.0 Å². The van der Waals surface area contributed by atoms with E-state index < -0.39 is 12.1 Å². The summed E-state index contributed by atoms with van der Waals surface area (Å²) in [7, 11) is 0. The Morgan fingerprint density at radius 2 is 1.87 bits per heavy atom. The lowest BCUT2D eigenvalue weighted by atomic mass is 10.1. The van der Waals surface area contributed by atoms with Gasteiger partial charge in [-0.15, -0.1) is 0 Å². The average molecular weight is 217 g/mol. The topological polar surface area (TPSA) is 29.1 Å². The predicted molar refractivity (Wildman–Crippen MR) is 50.6 cm³/mol. The minimum absolute atomic E-state index is 0.192. The minimum atomic E-state index is -4.85. The summed E-state index contributed by atoms with van der Waals surface area (Å²) in [6.07, 6.45) is -4.85. The van der Waals surface area contributed by atoms with Crippen molar-refractivity contribution < 1.29 is 18.0 Å². The molecule has 1 aromatic carbocycles.